The molecule has 0 unspecified atom stereocenters. The normalized spacial score (nSPS) is 11.3. The first-order valence-electron chi connectivity index (χ1n) is 8.10. The van der Waals surface area contributed by atoms with Crippen molar-refractivity contribution >= 4 is 11.9 Å². The summed E-state index contributed by atoms with van der Waals surface area (Å²) in [6.07, 6.45) is -4.52. The smallest absolute Gasteiger partial charge is 0.416 e. The topological polar surface area (TPSA) is 76.1 Å². The lowest BCUT2D eigenvalue weighted by Crippen LogP contribution is -2.36. The maximum atomic E-state index is 12.6. The van der Waals surface area contributed by atoms with Crippen molar-refractivity contribution in [3.8, 4) is 0 Å². The average Bonchev–Trinajstić information content (AvgIpc) is 2.60. The molecule has 1 aromatic carbocycles. The zero-order valence-corrected chi connectivity index (χ0v) is 14.4. The Balaban J connectivity index is 2.79. The maximum absolute atomic E-state index is 12.6. The van der Waals surface area contributed by atoms with Crippen molar-refractivity contribution in [2.24, 2.45) is 0 Å². The molecule has 0 bridgehead atoms. The van der Waals surface area contributed by atoms with Crippen LogP contribution in [0.4, 0.5) is 13.2 Å². The first kappa shape index (κ1) is 21.9. The van der Waals surface area contributed by atoms with Gasteiger partial charge in [-0.25, -0.2) is 0 Å². The lowest BCUT2D eigenvalue weighted by atomic mass is 10.1. The van der Waals surface area contributed by atoms with Crippen molar-refractivity contribution in [2.45, 2.75) is 19.5 Å². The van der Waals surface area contributed by atoms with Gasteiger partial charge in [0.2, 0.25) is 0 Å². The summed E-state index contributed by atoms with van der Waals surface area (Å²) in [5.74, 6) is -0.996. The number of ether oxygens (including phenoxy) is 2. The summed E-state index contributed by atoms with van der Waals surface area (Å²) in [5, 5.41) is 8.69. The summed E-state index contributed by atoms with van der Waals surface area (Å²) < 4.78 is 47.8. The minimum absolute atomic E-state index is 0.0415. The lowest BCUT2D eigenvalue weighted by molar-refractivity contribution is -0.143. The number of esters is 1. The number of hydrogen-bond donors (Lipinski definition) is 1. The zero-order chi connectivity index (χ0) is 19.6. The van der Waals surface area contributed by atoms with Crippen molar-refractivity contribution in [3.63, 3.8) is 0 Å². The van der Waals surface area contributed by atoms with E-state index in [-0.39, 0.29) is 51.5 Å². The number of carbonyl (C=O) groups excluding carboxylic acids is 2. The molecule has 0 saturated carbocycles. The van der Waals surface area contributed by atoms with E-state index in [9.17, 15) is 22.8 Å². The largest absolute Gasteiger partial charge is 0.466 e. The number of halogens is 3. The van der Waals surface area contributed by atoms with Crippen LogP contribution in [0.3, 0.4) is 0 Å². The number of alkyl halides is 3. The third-order valence-electron chi connectivity index (χ3n) is 3.38. The molecule has 0 atom stereocenters. The fourth-order valence-electron chi connectivity index (χ4n) is 2.10. The third-order valence-corrected chi connectivity index (χ3v) is 3.38. The Morgan fingerprint density at radius 3 is 2.31 bits per heavy atom. The molecule has 1 N–H and O–H groups in total. The standard InChI is InChI=1S/C17H22F3NO5/c1-2-26-15(23)7-8-21(9-11-25-12-10-22)16(24)13-3-5-14(6-4-13)17(18,19)20/h3-6,22H,2,7-12H2,1H3. The van der Waals surface area contributed by atoms with Crippen molar-refractivity contribution in [1.29, 1.82) is 0 Å². The van der Waals surface area contributed by atoms with Crippen LogP contribution < -0.4 is 0 Å². The van der Waals surface area contributed by atoms with Crippen molar-refractivity contribution < 1.29 is 37.3 Å². The molecule has 0 aliphatic rings. The number of benzene rings is 1. The van der Waals surface area contributed by atoms with E-state index in [1.807, 2.05) is 0 Å². The van der Waals surface area contributed by atoms with E-state index in [1.165, 1.54) is 4.90 Å². The van der Waals surface area contributed by atoms with Crippen LogP contribution in [0.1, 0.15) is 29.3 Å². The molecule has 1 amide bonds. The minimum atomic E-state index is -4.48. The Hall–Kier alpha value is -2.13. The highest BCUT2D eigenvalue weighted by Gasteiger charge is 2.30. The van der Waals surface area contributed by atoms with Gasteiger partial charge in [0, 0.05) is 18.7 Å². The van der Waals surface area contributed by atoms with Gasteiger partial charge in [0.05, 0.1) is 38.4 Å². The number of nitrogens with zero attached hydrogens (tertiary/aromatic N) is 1. The molecule has 0 heterocycles. The van der Waals surface area contributed by atoms with Crippen LogP contribution in [0.25, 0.3) is 0 Å². The number of rotatable bonds is 10. The third kappa shape index (κ3) is 7.40. The minimum Gasteiger partial charge on any atom is -0.466 e. The molecule has 146 valence electrons. The fraction of sp³-hybridized carbons (Fsp3) is 0.529. The van der Waals surface area contributed by atoms with Crippen molar-refractivity contribution in [1.82, 2.24) is 4.90 Å². The van der Waals surface area contributed by atoms with Gasteiger partial charge in [-0.2, -0.15) is 13.2 Å². The van der Waals surface area contributed by atoms with Gasteiger partial charge in [-0.1, -0.05) is 0 Å². The molecule has 0 saturated heterocycles. The molecule has 1 aromatic rings. The highest BCUT2D eigenvalue weighted by atomic mass is 19.4. The number of carbonyl (C=O) groups is 2. The maximum Gasteiger partial charge on any atom is 0.416 e. The van der Waals surface area contributed by atoms with E-state index in [1.54, 1.807) is 6.92 Å². The average molecular weight is 377 g/mol. The van der Waals surface area contributed by atoms with Crippen LogP contribution in [-0.2, 0) is 20.4 Å². The summed E-state index contributed by atoms with van der Waals surface area (Å²) in [6.45, 7) is 2.09. The zero-order valence-electron chi connectivity index (χ0n) is 14.4. The molecule has 9 heteroatoms. The van der Waals surface area contributed by atoms with E-state index in [0.717, 1.165) is 24.3 Å². The van der Waals surface area contributed by atoms with Crippen LogP contribution in [0.15, 0.2) is 24.3 Å². The van der Waals surface area contributed by atoms with Gasteiger partial charge in [-0.3, -0.25) is 9.59 Å². The molecular weight excluding hydrogens is 355 g/mol. The first-order valence-corrected chi connectivity index (χ1v) is 8.10. The predicted molar refractivity (Wildman–Crippen MR) is 86.5 cm³/mol. The molecule has 0 aromatic heterocycles. The number of aliphatic hydroxyl groups is 1. The second-order valence-corrected chi connectivity index (χ2v) is 5.26. The van der Waals surface area contributed by atoms with E-state index in [0.29, 0.717) is 0 Å². The Morgan fingerprint density at radius 2 is 1.77 bits per heavy atom. The predicted octanol–water partition coefficient (Wildman–Crippen LogP) is 2.11. The molecule has 0 radical (unpaired) electrons. The number of aliphatic hydroxyl groups excluding tert-OH is 1. The molecule has 0 aliphatic carbocycles. The Morgan fingerprint density at radius 1 is 1.12 bits per heavy atom. The molecule has 26 heavy (non-hydrogen) atoms. The van der Waals surface area contributed by atoms with E-state index < -0.39 is 23.6 Å². The highest BCUT2D eigenvalue weighted by molar-refractivity contribution is 5.94. The van der Waals surface area contributed by atoms with Gasteiger partial charge < -0.3 is 19.5 Å². The van der Waals surface area contributed by atoms with Gasteiger partial charge in [0.15, 0.2) is 0 Å². The van der Waals surface area contributed by atoms with Gasteiger partial charge >= 0.3 is 12.1 Å². The molecule has 0 spiro atoms. The van der Waals surface area contributed by atoms with E-state index >= 15 is 0 Å². The second-order valence-electron chi connectivity index (χ2n) is 5.26. The summed E-state index contributed by atoms with van der Waals surface area (Å²) in [7, 11) is 0. The molecule has 0 aliphatic heterocycles. The van der Waals surface area contributed by atoms with Gasteiger partial charge in [0.1, 0.15) is 0 Å². The number of amides is 1. The van der Waals surface area contributed by atoms with Crippen LogP contribution in [0, 0.1) is 0 Å². The Bertz CT molecular complexity index is 575. The van der Waals surface area contributed by atoms with E-state index in [4.69, 9.17) is 14.6 Å². The summed E-state index contributed by atoms with van der Waals surface area (Å²) in [6, 6.07) is 3.85. The molecule has 1 rings (SSSR count). The first-order chi connectivity index (χ1) is 12.3. The molecular formula is C17H22F3NO5. The Labute approximate surface area is 149 Å². The number of hydrogen-bond acceptors (Lipinski definition) is 5. The van der Waals surface area contributed by atoms with Crippen LogP contribution in [0.5, 0.6) is 0 Å². The lowest BCUT2D eigenvalue weighted by Gasteiger charge is -2.22. The Kier molecular flexibility index (Phi) is 9.08. The second kappa shape index (κ2) is 10.8. The summed E-state index contributed by atoms with van der Waals surface area (Å²) >= 11 is 0. The molecule has 6 nitrogen and oxygen atoms in total. The molecule has 0 fully saturated rings. The van der Waals surface area contributed by atoms with E-state index in [2.05, 4.69) is 0 Å². The van der Waals surface area contributed by atoms with Crippen molar-refractivity contribution in [2.75, 3.05) is 39.5 Å². The monoisotopic (exact) mass is 377 g/mol. The fourth-order valence-corrected chi connectivity index (χ4v) is 2.10. The van der Waals surface area contributed by atoms with Gasteiger partial charge in [0.25, 0.3) is 5.91 Å². The van der Waals surface area contributed by atoms with Crippen molar-refractivity contribution in [3.05, 3.63) is 35.4 Å². The highest BCUT2D eigenvalue weighted by Crippen LogP contribution is 2.29. The van der Waals surface area contributed by atoms with Crippen LogP contribution in [0.2, 0.25) is 0 Å². The SMILES string of the molecule is CCOC(=O)CCN(CCOCCO)C(=O)c1ccc(C(F)(F)F)cc1. The quantitative estimate of drug-likeness (QED) is 0.499. The van der Waals surface area contributed by atoms with Gasteiger partial charge in [-0.05, 0) is 31.2 Å². The summed E-state index contributed by atoms with van der Waals surface area (Å²) in [5.41, 5.74) is -0.776. The van der Waals surface area contributed by atoms with Gasteiger partial charge in [-0.15, -0.1) is 0 Å². The van der Waals surface area contributed by atoms with Crippen LogP contribution >= 0.6 is 0 Å². The summed E-state index contributed by atoms with van der Waals surface area (Å²) in [4.78, 5) is 25.3. The van der Waals surface area contributed by atoms with Crippen LogP contribution in [-0.4, -0.2) is 61.4 Å².